The lowest BCUT2D eigenvalue weighted by molar-refractivity contribution is -0.127. The Hall–Kier alpha value is -2.25. The fourth-order valence-electron chi connectivity index (χ4n) is 3.08. The van der Waals surface area contributed by atoms with Crippen molar-refractivity contribution in [3.05, 3.63) is 36.0 Å². The Morgan fingerprint density at radius 1 is 1.19 bits per heavy atom. The average molecular weight is 446 g/mol. The van der Waals surface area contributed by atoms with Crippen molar-refractivity contribution >= 4 is 28.3 Å². The van der Waals surface area contributed by atoms with Crippen LogP contribution in [0.3, 0.4) is 0 Å². The summed E-state index contributed by atoms with van der Waals surface area (Å²) in [7, 11) is 0. The number of nitrogens with one attached hydrogen (secondary N) is 2. The molecule has 1 aromatic heterocycles. The van der Waals surface area contributed by atoms with Crippen LogP contribution >= 0.6 is 11.3 Å². The van der Waals surface area contributed by atoms with Crippen LogP contribution in [0.15, 0.2) is 30.5 Å². The van der Waals surface area contributed by atoms with Gasteiger partial charge in [-0.3, -0.25) is 9.59 Å². The number of amides is 2. The van der Waals surface area contributed by atoms with Gasteiger partial charge in [0.1, 0.15) is 6.04 Å². The Bertz CT molecular complexity index is 871. The molecular weight excluding hydrogens is 410 g/mol. The van der Waals surface area contributed by atoms with E-state index in [1.54, 1.807) is 6.20 Å². The first-order valence-corrected chi connectivity index (χ1v) is 11.7. The zero-order valence-electron chi connectivity index (χ0n) is 19.5. The van der Waals surface area contributed by atoms with Gasteiger partial charge in [0.2, 0.25) is 11.8 Å². The maximum absolute atomic E-state index is 12.8. The molecule has 0 saturated heterocycles. The molecule has 0 bridgehead atoms. The maximum atomic E-state index is 12.8. The summed E-state index contributed by atoms with van der Waals surface area (Å²) in [5, 5.41) is 6.28. The summed E-state index contributed by atoms with van der Waals surface area (Å²) in [4.78, 5) is 30.5. The molecule has 0 fully saturated rings. The van der Waals surface area contributed by atoms with Gasteiger partial charge in [0.15, 0.2) is 5.13 Å². The molecule has 0 aliphatic heterocycles. The van der Waals surface area contributed by atoms with Crippen molar-refractivity contribution in [1.82, 2.24) is 10.3 Å². The highest BCUT2D eigenvalue weighted by Crippen LogP contribution is 2.32. The van der Waals surface area contributed by atoms with Gasteiger partial charge in [-0.1, -0.05) is 69.7 Å². The summed E-state index contributed by atoms with van der Waals surface area (Å²) in [6.07, 6.45) is 3.65. The van der Waals surface area contributed by atoms with Gasteiger partial charge in [-0.2, -0.15) is 0 Å². The van der Waals surface area contributed by atoms with Crippen molar-refractivity contribution in [3.8, 4) is 10.4 Å². The van der Waals surface area contributed by atoms with Gasteiger partial charge >= 0.3 is 0 Å². The molecule has 1 aromatic carbocycles. The smallest absolute Gasteiger partial charge is 0.248 e. The molecule has 2 N–H and O–H groups in total. The number of ether oxygens (including phenoxy) is 1. The third-order valence-electron chi connectivity index (χ3n) is 4.51. The molecule has 6 nitrogen and oxygen atoms in total. The SMILES string of the molecule is CCC[C@H](NC(=O)CC(C)(C)C)C(=O)Nc1ncc(-c2ccccc2COC(C)C)s1. The highest BCUT2D eigenvalue weighted by atomic mass is 32.1. The Morgan fingerprint density at radius 2 is 1.90 bits per heavy atom. The molecule has 0 spiro atoms. The van der Waals surface area contributed by atoms with E-state index in [0.29, 0.717) is 24.6 Å². The monoisotopic (exact) mass is 445 g/mol. The number of carbonyl (C=O) groups excluding carboxylic acids is 2. The summed E-state index contributed by atoms with van der Waals surface area (Å²) in [6.45, 7) is 12.5. The quantitative estimate of drug-likeness (QED) is 0.513. The largest absolute Gasteiger partial charge is 0.374 e. The van der Waals surface area contributed by atoms with Crippen LogP contribution in [-0.2, 0) is 20.9 Å². The average Bonchev–Trinajstić information content (AvgIpc) is 3.13. The van der Waals surface area contributed by atoms with Crippen molar-refractivity contribution in [2.75, 3.05) is 5.32 Å². The predicted octanol–water partition coefficient (Wildman–Crippen LogP) is 5.39. The van der Waals surface area contributed by atoms with Crippen LogP contribution in [0.1, 0.15) is 66.4 Å². The van der Waals surface area contributed by atoms with Gasteiger partial charge in [-0.15, -0.1) is 0 Å². The molecule has 2 rings (SSSR count). The van der Waals surface area contributed by atoms with Crippen LogP contribution in [0.2, 0.25) is 0 Å². The van der Waals surface area contributed by atoms with Gasteiger partial charge in [-0.05, 0) is 36.8 Å². The van der Waals surface area contributed by atoms with Crippen LogP contribution in [0.4, 0.5) is 5.13 Å². The summed E-state index contributed by atoms with van der Waals surface area (Å²) in [6, 6.07) is 7.47. The molecule has 31 heavy (non-hydrogen) atoms. The fourth-order valence-corrected chi connectivity index (χ4v) is 3.96. The molecule has 0 aliphatic rings. The first kappa shape index (κ1) is 25.0. The highest BCUT2D eigenvalue weighted by Gasteiger charge is 2.24. The molecule has 2 aromatic rings. The summed E-state index contributed by atoms with van der Waals surface area (Å²) in [5.41, 5.74) is 1.99. The fraction of sp³-hybridized carbons (Fsp3) is 0.542. The highest BCUT2D eigenvalue weighted by molar-refractivity contribution is 7.19. The maximum Gasteiger partial charge on any atom is 0.248 e. The normalized spacial score (nSPS) is 12.6. The zero-order valence-corrected chi connectivity index (χ0v) is 20.3. The van der Waals surface area contributed by atoms with E-state index >= 15 is 0 Å². The van der Waals surface area contributed by atoms with Crippen LogP contribution in [-0.4, -0.2) is 28.9 Å². The van der Waals surface area contributed by atoms with Crippen LogP contribution in [0.25, 0.3) is 10.4 Å². The number of carbonyl (C=O) groups is 2. The van der Waals surface area contributed by atoms with Crippen molar-refractivity contribution in [1.29, 1.82) is 0 Å². The van der Waals surface area contributed by atoms with Gasteiger partial charge < -0.3 is 15.4 Å². The Kier molecular flexibility index (Phi) is 9.19. The number of hydrogen-bond donors (Lipinski definition) is 2. The molecule has 1 atom stereocenters. The first-order chi connectivity index (χ1) is 14.6. The summed E-state index contributed by atoms with van der Waals surface area (Å²) < 4.78 is 5.77. The molecule has 7 heteroatoms. The molecule has 170 valence electrons. The minimum atomic E-state index is -0.570. The number of nitrogens with zero attached hydrogens (tertiary/aromatic N) is 1. The van der Waals surface area contributed by atoms with Crippen LogP contribution in [0.5, 0.6) is 0 Å². The summed E-state index contributed by atoms with van der Waals surface area (Å²) in [5.74, 6) is -0.346. The van der Waals surface area contributed by atoms with E-state index in [1.165, 1.54) is 11.3 Å². The standard InChI is InChI=1S/C24H35N3O3S/c1-7-10-19(26-21(28)13-24(4,5)6)22(29)27-23-25-14-20(31-23)18-12-9-8-11-17(18)15-30-16(2)3/h8-9,11-12,14,16,19H,7,10,13,15H2,1-6H3,(H,26,28)(H,25,27,29)/t19-/m0/s1. The number of anilines is 1. The van der Waals surface area contributed by atoms with E-state index in [0.717, 1.165) is 22.4 Å². The molecule has 1 heterocycles. The molecule has 2 amide bonds. The molecular formula is C24H35N3O3S. The van der Waals surface area contributed by atoms with E-state index < -0.39 is 6.04 Å². The van der Waals surface area contributed by atoms with Gasteiger partial charge in [-0.25, -0.2) is 4.98 Å². The second-order valence-electron chi connectivity index (χ2n) is 9.18. The van der Waals surface area contributed by atoms with E-state index in [9.17, 15) is 9.59 Å². The summed E-state index contributed by atoms with van der Waals surface area (Å²) >= 11 is 1.42. The van der Waals surface area contributed by atoms with E-state index in [4.69, 9.17) is 4.74 Å². The van der Waals surface area contributed by atoms with E-state index in [2.05, 4.69) is 15.6 Å². The lowest BCUT2D eigenvalue weighted by atomic mass is 9.92. The second-order valence-corrected chi connectivity index (χ2v) is 10.2. The molecule has 0 aliphatic carbocycles. The lowest BCUT2D eigenvalue weighted by Crippen LogP contribution is -2.44. The Balaban J connectivity index is 2.09. The minimum absolute atomic E-state index is 0.111. The number of aromatic nitrogens is 1. The van der Waals surface area contributed by atoms with Crippen LogP contribution in [0, 0.1) is 5.41 Å². The zero-order chi connectivity index (χ0) is 23.0. The molecule has 0 radical (unpaired) electrons. The van der Waals surface area contributed by atoms with Crippen molar-refractivity contribution < 1.29 is 14.3 Å². The molecule has 0 unspecified atom stereocenters. The van der Waals surface area contributed by atoms with Crippen LogP contribution < -0.4 is 10.6 Å². The van der Waals surface area contributed by atoms with E-state index in [-0.39, 0.29) is 23.3 Å². The lowest BCUT2D eigenvalue weighted by Gasteiger charge is -2.21. The topological polar surface area (TPSA) is 80.3 Å². The minimum Gasteiger partial charge on any atom is -0.374 e. The number of hydrogen-bond acceptors (Lipinski definition) is 5. The number of rotatable bonds is 10. The van der Waals surface area contributed by atoms with Gasteiger partial charge in [0, 0.05) is 12.6 Å². The Morgan fingerprint density at radius 3 is 2.55 bits per heavy atom. The van der Waals surface area contributed by atoms with Gasteiger partial charge in [0.25, 0.3) is 0 Å². The third kappa shape index (κ3) is 8.42. The predicted molar refractivity (Wildman–Crippen MR) is 127 cm³/mol. The van der Waals surface area contributed by atoms with Crippen molar-refractivity contribution in [2.45, 2.75) is 79.6 Å². The van der Waals surface area contributed by atoms with Crippen molar-refractivity contribution in [3.63, 3.8) is 0 Å². The number of thiazole rings is 1. The Labute approximate surface area is 189 Å². The van der Waals surface area contributed by atoms with Crippen molar-refractivity contribution in [2.24, 2.45) is 5.41 Å². The second kappa shape index (κ2) is 11.4. The first-order valence-electron chi connectivity index (χ1n) is 10.8. The molecule has 0 saturated carbocycles. The van der Waals surface area contributed by atoms with Gasteiger partial charge in [0.05, 0.1) is 17.6 Å². The number of benzene rings is 1. The third-order valence-corrected chi connectivity index (χ3v) is 5.46. The van der Waals surface area contributed by atoms with E-state index in [1.807, 2.05) is 65.8 Å².